The summed E-state index contributed by atoms with van der Waals surface area (Å²) in [5.41, 5.74) is 4.11. The molecule has 3 saturated carbocycles. The van der Waals surface area contributed by atoms with Gasteiger partial charge in [0.2, 0.25) is 5.91 Å². The van der Waals surface area contributed by atoms with E-state index >= 15 is 0 Å². The summed E-state index contributed by atoms with van der Waals surface area (Å²) in [5.74, 6) is 1.12. The molecule has 2 heterocycles. The molecular weight excluding hydrogens is 634 g/mol. The van der Waals surface area contributed by atoms with Crippen molar-refractivity contribution in [2.24, 2.45) is 29.1 Å². The van der Waals surface area contributed by atoms with Crippen molar-refractivity contribution in [1.29, 1.82) is 0 Å². The summed E-state index contributed by atoms with van der Waals surface area (Å²) < 4.78 is 6.05. The third-order valence-corrected chi connectivity index (χ3v) is 12.4. The summed E-state index contributed by atoms with van der Waals surface area (Å²) in [6.07, 6.45) is 2.68. The Balaban J connectivity index is 1.27. The van der Waals surface area contributed by atoms with E-state index in [0.29, 0.717) is 41.0 Å². The van der Waals surface area contributed by atoms with Crippen molar-refractivity contribution in [2.45, 2.75) is 90.3 Å². The molecule has 0 radical (unpaired) electrons. The Kier molecular flexibility index (Phi) is 10.8. The number of hydrogen-bond donors (Lipinski definition) is 5. The van der Waals surface area contributed by atoms with Crippen LogP contribution in [0.25, 0.3) is 11.1 Å². The fourth-order valence-corrected chi connectivity index (χ4v) is 9.23. The van der Waals surface area contributed by atoms with E-state index in [9.17, 15) is 19.8 Å². The van der Waals surface area contributed by atoms with Gasteiger partial charge in [0.05, 0.1) is 26.4 Å². The highest BCUT2D eigenvalue weighted by Gasteiger charge is 2.57. The number of ether oxygens (including phenoxy) is 1. The van der Waals surface area contributed by atoms with Gasteiger partial charge in [-0.05, 0) is 86.1 Å². The van der Waals surface area contributed by atoms with Crippen LogP contribution in [-0.4, -0.2) is 98.3 Å². The fourth-order valence-electron chi connectivity index (χ4n) is 9.23. The first kappa shape index (κ1) is 36.6. The van der Waals surface area contributed by atoms with Crippen molar-refractivity contribution in [1.82, 2.24) is 21.0 Å². The van der Waals surface area contributed by atoms with E-state index in [1.165, 1.54) is 6.42 Å². The number of carbonyl (C=O) groups is 2. The van der Waals surface area contributed by atoms with E-state index in [2.05, 4.69) is 36.7 Å². The van der Waals surface area contributed by atoms with E-state index in [1.807, 2.05) is 55.4 Å². The van der Waals surface area contributed by atoms with Crippen LogP contribution in [0.4, 0.5) is 5.69 Å². The third kappa shape index (κ3) is 6.99. The number of anilines is 1. The molecule has 11 heteroatoms. The standard InChI is InChI=1S/C39H57N5O6/c1-22-31-17-27(39(31,3)4)18-32(22)42-38(48)35-34(23(2)46)33(21-45)50-44(35)20-24-10-8-12-30(36(24)49-7)25-14-26(16-29(15-25)43(5)6)37(47)41-19-28-11-9-13-40-28/h8,10,12,14-16,22-23,27-28,31-35,40,45-46H,9,11,13,17-21H2,1-7H3,(H,41,47)(H,42,48)/t22-,23-,27+,28+,31-,32-,33-,34+,35-/m0/s1. The van der Waals surface area contributed by atoms with Crippen LogP contribution in [0, 0.1) is 29.1 Å². The van der Waals surface area contributed by atoms with Crippen LogP contribution in [0.15, 0.2) is 36.4 Å². The lowest BCUT2D eigenvalue weighted by atomic mass is 9.45. The lowest BCUT2D eigenvalue weighted by molar-refractivity contribution is -0.183. The number of methoxy groups -OCH3 is 1. The van der Waals surface area contributed by atoms with E-state index in [4.69, 9.17) is 9.57 Å². The number of fused-ring (bicyclic) bond motifs is 2. The number of rotatable bonds is 12. The number of nitrogens with one attached hydrogen (secondary N) is 3. The monoisotopic (exact) mass is 691 g/mol. The van der Waals surface area contributed by atoms with Crippen molar-refractivity contribution in [3.63, 3.8) is 0 Å². The van der Waals surface area contributed by atoms with Gasteiger partial charge in [0.15, 0.2) is 0 Å². The second kappa shape index (κ2) is 14.8. The van der Waals surface area contributed by atoms with Crippen LogP contribution in [0.1, 0.15) is 69.3 Å². The Hall–Kier alpha value is -3.22. The number of nitrogens with zero attached hydrogens (tertiary/aromatic N) is 2. The number of aliphatic hydroxyl groups excluding tert-OH is 2. The van der Waals surface area contributed by atoms with Gasteiger partial charge in [-0.1, -0.05) is 39.0 Å². The van der Waals surface area contributed by atoms with Crippen LogP contribution in [-0.2, 0) is 16.2 Å². The van der Waals surface area contributed by atoms with E-state index in [-0.39, 0.29) is 37.0 Å². The van der Waals surface area contributed by atoms with Crippen LogP contribution in [0.3, 0.4) is 0 Å². The van der Waals surface area contributed by atoms with Crippen molar-refractivity contribution < 1.29 is 29.4 Å². The van der Waals surface area contributed by atoms with Gasteiger partial charge < -0.3 is 35.8 Å². The zero-order valence-corrected chi connectivity index (χ0v) is 30.7. The number of para-hydroxylation sites is 1. The number of hydroxylamine groups is 2. The zero-order chi connectivity index (χ0) is 35.9. The first-order valence-electron chi connectivity index (χ1n) is 18.4. The molecule has 0 unspecified atom stereocenters. The minimum Gasteiger partial charge on any atom is -0.496 e. The van der Waals surface area contributed by atoms with Crippen molar-refractivity contribution in [2.75, 3.05) is 45.8 Å². The highest BCUT2D eigenvalue weighted by molar-refractivity contribution is 5.97. The molecule has 2 aliphatic heterocycles. The number of benzene rings is 2. The second-order valence-electron chi connectivity index (χ2n) is 15.9. The molecule has 9 atom stereocenters. The Morgan fingerprint density at radius 1 is 1.20 bits per heavy atom. The second-order valence-corrected chi connectivity index (χ2v) is 15.9. The van der Waals surface area contributed by atoms with Gasteiger partial charge in [0.25, 0.3) is 5.91 Å². The van der Waals surface area contributed by atoms with E-state index in [1.54, 1.807) is 19.1 Å². The predicted octanol–water partition coefficient (Wildman–Crippen LogP) is 3.57. The summed E-state index contributed by atoms with van der Waals surface area (Å²) in [6.45, 7) is 9.97. The molecule has 5 N–H and O–H groups in total. The highest BCUT2D eigenvalue weighted by Crippen LogP contribution is 2.61. The molecule has 11 nitrogen and oxygen atoms in total. The lowest BCUT2D eigenvalue weighted by Gasteiger charge is -2.62. The maximum atomic E-state index is 14.2. The van der Waals surface area contributed by atoms with Crippen molar-refractivity contribution in [3.05, 3.63) is 47.5 Å². The number of aliphatic hydroxyl groups is 2. The number of amides is 2. The molecule has 5 aliphatic rings. The van der Waals surface area contributed by atoms with Gasteiger partial charge >= 0.3 is 0 Å². The predicted molar refractivity (Wildman–Crippen MR) is 194 cm³/mol. The Morgan fingerprint density at radius 3 is 2.60 bits per heavy atom. The molecule has 274 valence electrons. The Labute approximate surface area is 297 Å². The van der Waals surface area contributed by atoms with Gasteiger partial charge in [0.1, 0.15) is 17.9 Å². The zero-order valence-electron chi connectivity index (χ0n) is 30.7. The molecule has 2 aromatic rings. The third-order valence-electron chi connectivity index (χ3n) is 12.4. The van der Waals surface area contributed by atoms with Gasteiger partial charge in [-0.3, -0.25) is 14.4 Å². The molecular formula is C39H57N5O6. The largest absolute Gasteiger partial charge is 0.496 e. The molecule has 3 aliphatic carbocycles. The molecule has 2 aromatic carbocycles. The maximum absolute atomic E-state index is 14.2. The quantitative estimate of drug-likeness (QED) is 0.227. The molecule has 5 fully saturated rings. The van der Waals surface area contributed by atoms with Gasteiger partial charge in [-0.2, -0.15) is 5.06 Å². The van der Waals surface area contributed by atoms with Crippen molar-refractivity contribution >= 4 is 17.5 Å². The van der Waals surface area contributed by atoms with Crippen LogP contribution in [0.2, 0.25) is 0 Å². The molecule has 7 rings (SSSR count). The first-order chi connectivity index (χ1) is 23.8. The summed E-state index contributed by atoms with van der Waals surface area (Å²) in [6, 6.07) is 11.1. The van der Waals surface area contributed by atoms with Crippen LogP contribution in [0.5, 0.6) is 5.75 Å². The smallest absolute Gasteiger partial charge is 0.251 e. The molecule has 0 spiro atoms. The van der Waals surface area contributed by atoms with Gasteiger partial charge in [0, 0.05) is 61.0 Å². The summed E-state index contributed by atoms with van der Waals surface area (Å²) in [4.78, 5) is 35.8. The molecule has 0 aromatic heterocycles. The highest BCUT2D eigenvalue weighted by atomic mass is 16.7. The average Bonchev–Trinajstić information content (AvgIpc) is 3.75. The van der Waals surface area contributed by atoms with Crippen LogP contribution < -0.4 is 25.6 Å². The molecule has 2 bridgehead atoms. The number of hydrogen-bond acceptors (Lipinski definition) is 9. The molecule has 2 amide bonds. The molecule has 2 saturated heterocycles. The van der Waals surface area contributed by atoms with Gasteiger partial charge in [-0.25, -0.2) is 0 Å². The fraction of sp³-hybridized carbons (Fsp3) is 0.641. The Morgan fingerprint density at radius 2 is 1.98 bits per heavy atom. The SMILES string of the molecule is COc1c(CN2O[C@@H](CO)[C@@H]([C@H](C)O)[C@H]2C(=O)N[C@H]2C[C@H]3C[C@@H]([C@@H]2C)C3(C)C)cccc1-c1cc(C(=O)NC[C@H]2CCCN2)cc(N(C)C)c1. The van der Waals surface area contributed by atoms with E-state index < -0.39 is 24.2 Å². The topological polar surface area (TPSA) is 136 Å². The normalized spacial score (nSPS) is 30.7. The maximum Gasteiger partial charge on any atom is 0.251 e. The number of carbonyl (C=O) groups excluding carboxylic acids is 2. The summed E-state index contributed by atoms with van der Waals surface area (Å²) >= 11 is 0. The summed E-state index contributed by atoms with van der Waals surface area (Å²) in [7, 11) is 5.50. The van der Waals surface area contributed by atoms with E-state index in [0.717, 1.165) is 48.2 Å². The first-order valence-corrected chi connectivity index (χ1v) is 18.4. The Bertz CT molecular complexity index is 1540. The lowest BCUT2D eigenvalue weighted by Crippen LogP contribution is -2.62. The van der Waals surface area contributed by atoms with Crippen molar-refractivity contribution in [3.8, 4) is 16.9 Å². The average molecular weight is 692 g/mol. The summed E-state index contributed by atoms with van der Waals surface area (Å²) in [5, 5.41) is 32.7. The minimum absolute atomic E-state index is 0.0478. The van der Waals surface area contributed by atoms with Crippen LogP contribution >= 0.6 is 0 Å². The molecule has 50 heavy (non-hydrogen) atoms. The van der Waals surface area contributed by atoms with Gasteiger partial charge in [-0.15, -0.1) is 0 Å². The minimum atomic E-state index is -0.889.